The minimum Gasteiger partial charge on any atom is -0.450 e. The Morgan fingerprint density at radius 1 is 1.04 bits per heavy atom. The molecule has 0 saturated heterocycles. The Balaban J connectivity index is 1.67. The van der Waals surface area contributed by atoms with Gasteiger partial charge >= 0.3 is 0 Å². The second kappa shape index (κ2) is 7.74. The van der Waals surface area contributed by atoms with Gasteiger partial charge in [0.2, 0.25) is 5.91 Å². The smallest absolute Gasteiger partial charge is 0.291 e. The molecule has 134 valence electrons. The predicted molar refractivity (Wildman–Crippen MR) is 106 cm³/mol. The van der Waals surface area contributed by atoms with Gasteiger partial charge in [0.15, 0.2) is 5.76 Å². The maximum absolute atomic E-state index is 12.4. The van der Waals surface area contributed by atoms with E-state index in [1.54, 1.807) is 30.3 Å². The van der Waals surface area contributed by atoms with Crippen molar-refractivity contribution in [1.82, 2.24) is 0 Å². The molecule has 0 unspecified atom stereocenters. The van der Waals surface area contributed by atoms with Gasteiger partial charge in [-0.2, -0.15) is 0 Å². The number of amides is 2. The maximum Gasteiger partial charge on any atom is 0.291 e. The second-order valence-electron chi connectivity index (χ2n) is 6.45. The van der Waals surface area contributed by atoms with E-state index in [-0.39, 0.29) is 17.6 Å². The fourth-order valence-corrected chi connectivity index (χ4v) is 3.01. The molecule has 0 aliphatic carbocycles. The molecule has 0 aliphatic heterocycles. The fourth-order valence-electron chi connectivity index (χ4n) is 2.55. The van der Waals surface area contributed by atoms with Crippen molar-refractivity contribution >= 4 is 50.1 Å². The standard InChI is InChI=1S/C20H19BrN2O3/c1-12(2)10-18(24)22-14-6-8-15(9-7-14)23-20(25)17-11-13-4-3-5-16(21)19(13)26-17/h3-9,11-12H,10H2,1-2H3,(H,22,24)(H,23,25). The Bertz CT molecular complexity index is 945. The normalized spacial score (nSPS) is 10.9. The van der Waals surface area contributed by atoms with Crippen molar-refractivity contribution in [3.05, 3.63) is 58.8 Å². The van der Waals surface area contributed by atoms with Crippen LogP contribution in [0, 0.1) is 5.92 Å². The van der Waals surface area contributed by atoms with Crippen LogP contribution in [0.15, 0.2) is 57.4 Å². The quantitative estimate of drug-likeness (QED) is 0.584. The Morgan fingerprint density at radius 3 is 2.31 bits per heavy atom. The van der Waals surface area contributed by atoms with Gasteiger partial charge in [-0.05, 0) is 58.2 Å². The predicted octanol–water partition coefficient (Wildman–Crippen LogP) is 5.43. The molecule has 0 spiro atoms. The van der Waals surface area contributed by atoms with Crippen molar-refractivity contribution in [2.24, 2.45) is 5.92 Å². The lowest BCUT2D eigenvalue weighted by Gasteiger charge is -2.08. The largest absolute Gasteiger partial charge is 0.450 e. The van der Waals surface area contributed by atoms with Gasteiger partial charge in [-0.3, -0.25) is 9.59 Å². The van der Waals surface area contributed by atoms with Gasteiger partial charge in [0.1, 0.15) is 5.58 Å². The summed E-state index contributed by atoms with van der Waals surface area (Å²) in [6.07, 6.45) is 0.472. The van der Waals surface area contributed by atoms with Gasteiger partial charge in [-0.25, -0.2) is 0 Å². The third kappa shape index (κ3) is 4.32. The van der Waals surface area contributed by atoms with Crippen molar-refractivity contribution in [2.75, 3.05) is 10.6 Å². The number of rotatable bonds is 5. The number of nitrogens with one attached hydrogen (secondary N) is 2. The summed E-state index contributed by atoms with van der Waals surface area (Å²) in [5.41, 5.74) is 1.96. The zero-order valence-corrected chi connectivity index (χ0v) is 16.1. The number of carbonyl (C=O) groups is 2. The summed E-state index contributed by atoms with van der Waals surface area (Å²) < 4.78 is 6.43. The average Bonchev–Trinajstić information content (AvgIpc) is 3.02. The van der Waals surface area contributed by atoms with E-state index in [1.807, 2.05) is 32.0 Å². The third-order valence-corrected chi connectivity index (χ3v) is 4.36. The average molecular weight is 415 g/mol. The molecule has 0 aliphatic rings. The molecule has 26 heavy (non-hydrogen) atoms. The summed E-state index contributed by atoms with van der Waals surface area (Å²) in [6, 6.07) is 14.3. The maximum atomic E-state index is 12.4. The molecule has 2 amide bonds. The van der Waals surface area contributed by atoms with Crippen LogP contribution in [0.4, 0.5) is 11.4 Å². The first-order chi connectivity index (χ1) is 12.4. The van der Waals surface area contributed by atoms with Crippen LogP contribution in [0.5, 0.6) is 0 Å². The molecule has 1 heterocycles. The van der Waals surface area contributed by atoms with Crippen LogP contribution in [0.1, 0.15) is 30.8 Å². The van der Waals surface area contributed by atoms with E-state index >= 15 is 0 Å². The molecule has 3 rings (SSSR count). The first-order valence-electron chi connectivity index (χ1n) is 8.31. The molecular formula is C20H19BrN2O3. The highest BCUT2D eigenvalue weighted by atomic mass is 79.9. The first-order valence-corrected chi connectivity index (χ1v) is 9.11. The zero-order chi connectivity index (χ0) is 18.7. The number of halogens is 1. The molecule has 0 fully saturated rings. The zero-order valence-electron chi connectivity index (χ0n) is 14.5. The second-order valence-corrected chi connectivity index (χ2v) is 7.30. The van der Waals surface area contributed by atoms with Gasteiger partial charge in [-0.15, -0.1) is 0 Å². The lowest BCUT2D eigenvalue weighted by molar-refractivity contribution is -0.116. The van der Waals surface area contributed by atoms with Crippen LogP contribution in [-0.2, 0) is 4.79 Å². The van der Waals surface area contributed by atoms with Gasteiger partial charge in [-0.1, -0.05) is 26.0 Å². The SMILES string of the molecule is CC(C)CC(=O)Nc1ccc(NC(=O)c2cc3cccc(Br)c3o2)cc1. The van der Waals surface area contributed by atoms with Crippen molar-refractivity contribution in [2.45, 2.75) is 20.3 Å². The number of benzene rings is 2. The minimum absolute atomic E-state index is 0.0235. The third-order valence-electron chi connectivity index (χ3n) is 3.74. The lowest BCUT2D eigenvalue weighted by Crippen LogP contribution is -2.14. The molecular weight excluding hydrogens is 396 g/mol. The van der Waals surface area contributed by atoms with Crippen molar-refractivity contribution < 1.29 is 14.0 Å². The molecule has 0 atom stereocenters. The number of para-hydroxylation sites is 1. The van der Waals surface area contributed by atoms with Crippen LogP contribution in [0.25, 0.3) is 11.0 Å². The van der Waals surface area contributed by atoms with E-state index in [9.17, 15) is 9.59 Å². The molecule has 1 aromatic heterocycles. The molecule has 0 bridgehead atoms. The van der Waals surface area contributed by atoms with Crippen LogP contribution < -0.4 is 10.6 Å². The van der Waals surface area contributed by atoms with E-state index in [4.69, 9.17) is 4.42 Å². The highest BCUT2D eigenvalue weighted by molar-refractivity contribution is 9.10. The topological polar surface area (TPSA) is 71.3 Å². The molecule has 6 heteroatoms. The molecule has 2 N–H and O–H groups in total. The Hall–Kier alpha value is -2.60. The minimum atomic E-state index is -0.329. The van der Waals surface area contributed by atoms with Crippen LogP contribution >= 0.6 is 15.9 Å². The first kappa shape index (κ1) is 18.2. The van der Waals surface area contributed by atoms with E-state index in [2.05, 4.69) is 26.6 Å². The Labute approximate surface area is 159 Å². The number of hydrogen-bond donors (Lipinski definition) is 2. The summed E-state index contributed by atoms with van der Waals surface area (Å²) in [5.74, 6) is 0.188. The van der Waals surface area contributed by atoms with E-state index in [1.165, 1.54) is 0 Å². The monoisotopic (exact) mass is 414 g/mol. The highest BCUT2D eigenvalue weighted by Crippen LogP contribution is 2.27. The highest BCUT2D eigenvalue weighted by Gasteiger charge is 2.14. The Morgan fingerprint density at radius 2 is 1.69 bits per heavy atom. The van der Waals surface area contributed by atoms with E-state index < -0.39 is 0 Å². The van der Waals surface area contributed by atoms with Crippen molar-refractivity contribution in [3.63, 3.8) is 0 Å². The molecule has 5 nitrogen and oxygen atoms in total. The van der Waals surface area contributed by atoms with Gasteiger partial charge in [0, 0.05) is 23.2 Å². The van der Waals surface area contributed by atoms with Crippen LogP contribution in [-0.4, -0.2) is 11.8 Å². The summed E-state index contributed by atoms with van der Waals surface area (Å²) >= 11 is 3.41. The lowest BCUT2D eigenvalue weighted by atomic mass is 10.1. The van der Waals surface area contributed by atoms with Gasteiger partial charge in [0.25, 0.3) is 5.91 Å². The van der Waals surface area contributed by atoms with Crippen LogP contribution in [0.3, 0.4) is 0 Å². The number of carbonyl (C=O) groups excluding carboxylic acids is 2. The molecule has 3 aromatic rings. The van der Waals surface area contributed by atoms with E-state index in [0.29, 0.717) is 29.3 Å². The summed E-state index contributed by atoms with van der Waals surface area (Å²) in [6.45, 7) is 3.99. The number of anilines is 2. The van der Waals surface area contributed by atoms with Gasteiger partial charge < -0.3 is 15.1 Å². The van der Waals surface area contributed by atoms with Crippen molar-refractivity contribution in [3.8, 4) is 0 Å². The summed E-state index contributed by atoms with van der Waals surface area (Å²) in [5, 5.41) is 6.48. The fraction of sp³-hybridized carbons (Fsp3) is 0.200. The number of hydrogen-bond acceptors (Lipinski definition) is 3. The van der Waals surface area contributed by atoms with Gasteiger partial charge in [0.05, 0.1) is 4.47 Å². The van der Waals surface area contributed by atoms with Crippen molar-refractivity contribution in [1.29, 1.82) is 0 Å². The summed E-state index contributed by atoms with van der Waals surface area (Å²) in [7, 11) is 0. The number of fused-ring (bicyclic) bond motifs is 1. The molecule has 2 aromatic carbocycles. The number of furan rings is 1. The van der Waals surface area contributed by atoms with Crippen LogP contribution in [0.2, 0.25) is 0 Å². The molecule has 0 saturated carbocycles. The Kier molecular flexibility index (Phi) is 5.42. The van der Waals surface area contributed by atoms with E-state index in [0.717, 1.165) is 9.86 Å². The molecule has 0 radical (unpaired) electrons. The summed E-state index contributed by atoms with van der Waals surface area (Å²) in [4.78, 5) is 24.2.